The lowest BCUT2D eigenvalue weighted by molar-refractivity contribution is 0.101. The van der Waals surface area contributed by atoms with Gasteiger partial charge in [-0.3, -0.25) is 4.79 Å². The molecule has 21 heavy (non-hydrogen) atoms. The number of imidazole rings is 1. The van der Waals surface area contributed by atoms with Gasteiger partial charge >= 0.3 is 0 Å². The number of rotatable bonds is 3. The molecule has 3 rings (SSSR count). The van der Waals surface area contributed by atoms with Gasteiger partial charge in [-0.1, -0.05) is 23.9 Å². The molecule has 0 aliphatic carbocycles. The number of carbonyl (C=O) groups is 1. The highest BCUT2D eigenvalue weighted by atomic mass is 32.2. The van der Waals surface area contributed by atoms with Crippen molar-refractivity contribution in [3.8, 4) is 0 Å². The smallest absolute Gasteiger partial charge is 0.171 e. The van der Waals surface area contributed by atoms with Crippen molar-refractivity contribution in [3.05, 3.63) is 53.3 Å². The minimum Gasteiger partial charge on any atom is -0.333 e. The van der Waals surface area contributed by atoms with Gasteiger partial charge in [0.25, 0.3) is 0 Å². The summed E-state index contributed by atoms with van der Waals surface area (Å²) < 4.78 is 13.8. The molecule has 0 spiro atoms. The van der Waals surface area contributed by atoms with Crippen LogP contribution in [0.1, 0.15) is 22.8 Å². The normalized spacial score (nSPS) is 11.0. The predicted octanol–water partition coefficient (Wildman–Crippen LogP) is 4.36. The predicted molar refractivity (Wildman–Crippen MR) is 81.4 cm³/mol. The molecule has 0 saturated heterocycles. The highest BCUT2D eigenvalue weighted by molar-refractivity contribution is 7.99. The number of benzene rings is 2. The van der Waals surface area contributed by atoms with Crippen molar-refractivity contribution in [1.82, 2.24) is 9.97 Å². The molecule has 0 aliphatic rings. The first-order valence-corrected chi connectivity index (χ1v) is 7.30. The Morgan fingerprint density at radius 2 is 2.10 bits per heavy atom. The lowest BCUT2D eigenvalue weighted by Gasteiger charge is -2.05. The Morgan fingerprint density at radius 3 is 2.86 bits per heavy atom. The number of Topliss-reactive ketones (excluding diaryl/α,β-unsaturated/α-hetero) is 1. The molecule has 1 aromatic heterocycles. The average Bonchev–Trinajstić information content (AvgIpc) is 2.79. The van der Waals surface area contributed by atoms with Gasteiger partial charge in [0.2, 0.25) is 0 Å². The molecule has 3 aromatic rings. The SMILES string of the molecule is CC(=O)c1c(F)cccc1Sc1nc2ccc(C)cc2[nH]1. The molecule has 0 aliphatic heterocycles. The van der Waals surface area contributed by atoms with Crippen molar-refractivity contribution < 1.29 is 9.18 Å². The molecule has 0 fully saturated rings. The maximum Gasteiger partial charge on any atom is 0.171 e. The molecule has 2 aromatic carbocycles. The van der Waals surface area contributed by atoms with Crippen LogP contribution in [0.15, 0.2) is 46.5 Å². The van der Waals surface area contributed by atoms with E-state index in [1.54, 1.807) is 12.1 Å². The molecule has 1 heterocycles. The number of ketones is 1. The second-order valence-corrected chi connectivity index (χ2v) is 5.86. The molecule has 0 saturated carbocycles. The summed E-state index contributed by atoms with van der Waals surface area (Å²) in [5.74, 6) is -0.790. The van der Waals surface area contributed by atoms with Crippen LogP contribution >= 0.6 is 11.8 Å². The molecule has 5 heteroatoms. The number of hydrogen-bond acceptors (Lipinski definition) is 3. The lowest BCUT2D eigenvalue weighted by atomic mass is 10.1. The number of H-pyrrole nitrogens is 1. The summed E-state index contributed by atoms with van der Waals surface area (Å²) in [6.45, 7) is 3.37. The van der Waals surface area contributed by atoms with E-state index >= 15 is 0 Å². The molecule has 3 nitrogen and oxygen atoms in total. The second kappa shape index (κ2) is 5.33. The summed E-state index contributed by atoms with van der Waals surface area (Å²) in [5, 5.41) is 0.642. The van der Waals surface area contributed by atoms with Crippen LogP contribution in [0.25, 0.3) is 11.0 Å². The van der Waals surface area contributed by atoms with Crippen molar-refractivity contribution in [2.45, 2.75) is 23.9 Å². The fraction of sp³-hybridized carbons (Fsp3) is 0.125. The minimum atomic E-state index is -0.501. The van der Waals surface area contributed by atoms with E-state index in [4.69, 9.17) is 0 Å². The maximum atomic E-state index is 13.8. The summed E-state index contributed by atoms with van der Waals surface area (Å²) >= 11 is 1.26. The fourth-order valence-corrected chi connectivity index (χ4v) is 3.19. The van der Waals surface area contributed by atoms with Gasteiger partial charge in [0.1, 0.15) is 5.82 Å². The van der Waals surface area contributed by atoms with Crippen molar-refractivity contribution in [1.29, 1.82) is 0 Å². The van der Waals surface area contributed by atoms with Gasteiger partial charge in [0.05, 0.1) is 16.6 Å². The number of fused-ring (bicyclic) bond motifs is 1. The Morgan fingerprint density at radius 1 is 1.29 bits per heavy atom. The Labute approximate surface area is 125 Å². The molecule has 1 N–H and O–H groups in total. The standard InChI is InChI=1S/C16H13FN2OS/c1-9-6-7-12-13(8-9)19-16(18-12)21-14-5-3-4-11(17)15(14)10(2)20/h3-8H,1-2H3,(H,18,19). The van der Waals surface area contributed by atoms with Crippen molar-refractivity contribution in [2.75, 3.05) is 0 Å². The minimum absolute atomic E-state index is 0.110. The van der Waals surface area contributed by atoms with Crippen LogP contribution < -0.4 is 0 Å². The molecule has 0 amide bonds. The van der Waals surface area contributed by atoms with Crippen molar-refractivity contribution in [2.24, 2.45) is 0 Å². The highest BCUT2D eigenvalue weighted by Crippen LogP contribution is 2.31. The third-order valence-electron chi connectivity index (χ3n) is 3.15. The van der Waals surface area contributed by atoms with Crippen LogP contribution in [0.5, 0.6) is 0 Å². The van der Waals surface area contributed by atoms with E-state index in [1.165, 1.54) is 24.8 Å². The van der Waals surface area contributed by atoms with E-state index in [9.17, 15) is 9.18 Å². The van der Waals surface area contributed by atoms with Crippen LogP contribution in [0.4, 0.5) is 4.39 Å². The van der Waals surface area contributed by atoms with Crippen LogP contribution in [-0.4, -0.2) is 15.8 Å². The van der Waals surface area contributed by atoms with Gasteiger partial charge in [-0.2, -0.15) is 0 Å². The number of aryl methyl sites for hydroxylation is 1. The van der Waals surface area contributed by atoms with E-state index < -0.39 is 5.82 Å². The molecular weight excluding hydrogens is 287 g/mol. The fourth-order valence-electron chi connectivity index (χ4n) is 2.18. The summed E-state index contributed by atoms with van der Waals surface area (Å²) in [7, 11) is 0. The highest BCUT2D eigenvalue weighted by Gasteiger charge is 2.15. The van der Waals surface area contributed by atoms with Gasteiger partial charge in [0.15, 0.2) is 10.9 Å². The van der Waals surface area contributed by atoms with E-state index in [-0.39, 0.29) is 11.3 Å². The zero-order chi connectivity index (χ0) is 15.0. The first kappa shape index (κ1) is 13.8. The van der Waals surface area contributed by atoms with E-state index in [0.29, 0.717) is 10.1 Å². The van der Waals surface area contributed by atoms with E-state index in [0.717, 1.165) is 16.6 Å². The monoisotopic (exact) mass is 300 g/mol. The maximum absolute atomic E-state index is 13.8. The second-order valence-electron chi connectivity index (χ2n) is 4.83. The van der Waals surface area contributed by atoms with Gasteiger partial charge < -0.3 is 4.98 Å². The van der Waals surface area contributed by atoms with Crippen LogP contribution in [0, 0.1) is 12.7 Å². The Hall–Kier alpha value is -2.14. The van der Waals surface area contributed by atoms with E-state index in [2.05, 4.69) is 9.97 Å². The molecular formula is C16H13FN2OS. The third kappa shape index (κ3) is 2.69. The number of aromatic amines is 1. The van der Waals surface area contributed by atoms with Gasteiger partial charge in [-0.15, -0.1) is 0 Å². The lowest BCUT2D eigenvalue weighted by Crippen LogP contribution is -1.99. The largest absolute Gasteiger partial charge is 0.333 e. The number of carbonyl (C=O) groups excluding carboxylic acids is 1. The van der Waals surface area contributed by atoms with Crippen LogP contribution in [-0.2, 0) is 0 Å². The van der Waals surface area contributed by atoms with Crippen molar-refractivity contribution >= 4 is 28.6 Å². The number of hydrogen-bond donors (Lipinski definition) is 1. The average molecular weight is 300 g/mol. The van der Waals surface area contributed by atoms with Crippen molar-refractivity contribution in [3.63, 3.8) is 0 Å². The van der Waals surface area contributed by atoms with Gasteiger partial charge in [-0.05, 0) is 43.7 Å². The number of aromatic nitrogens is 2. The molecule has 0 unspecified atom stereocenters. The Kier molecular flexibility index (Phi) is 3.51. The zero-order valence-electron chi connectivity index (χ0n) is 11.6. The number of halogens is 1. The molecule has 0 bridgehead atoms. The summed E-state index contributed by atoms with van der Waals surface area (Å²) in [5.41, 5.74) is 3.03. The first-order chi connectivity index (χ1) is 10.0. The molecule has 0 radical (unpaired) electrons. The van der Waals surface area contributed by atoms with Gasteiger partial charge in [-0.25, -0.2) is 9.37 Å². The molecule has 0 atom stereocenters. The zero-order valence-corrected chi connectivity index (χ0v) is 12.4. The Bertz CT molecular complexity index is 841. The van der Waals surface area contributed by atoms with Gasteiger partial charge in [0, 0.05) is 4.90 Å². The Balaban J connectivity index is 2.02. The molecule has 106 valence electrons. The quantitative estimate of drug-likeness (QED) is 0.731. The van der Waals surface area contributed by atoms with Crippen LogP contribution in [0.3, 0.4) is 0 Å². The summed E-state index contributed by atoms with van der Waals surface area (Å²) in [6.07, 6.45) is 0. The topological polar surface area (TPSA) is 45.8 Å². The summed E-state index contributed by atoms with van der Waals surface area (Å²) in [4.78, 5) is 19.8. The number of nitrogens with one attached hydrogen (secondary N) is 1. The van der Waals surface area contributed by atoms with Crippen LogP contribution in [0.2, 0.25) is 0 Å². The third-order valence-corrected chi connectivity index (χ3v) is 4.10. The first-order valence-electron chi connectivity index (χ1n) is 6.48. The summed E-state index contributed by atoms with van der Waals surface area (Å²) in [6, 6.07) is 10.5. The van der Waals surface area contributed by atoms with E-state index in [1.807, 2.05) is 25.1 Å². The number of nitrogens with zero attached hydrogens (tertiary/aromatic N) is 1.